The van der Waals surface area contributed by atoms with Crippen molar-refractivity contribution < 1.29 is 19.4 Å². The van der Waals surface area contributed by atoms with Crippen LogP contribution in [-0.2, 0) is 14.3 Å². The van der Waals surface area contributed by atoms with Crippen molar-refractivity contribution in [3.63, 3.8) is 0 Å². The first-order valence-corrected chi connectivity index (χ1v) is 8.87. The molecule has 1 saturated carbocycles. The van der Waals surface area contributed by atoms with E-state index in [0.717, 1.165) is 19.3 Å². The Morgan fingerprint density at radius 1 is 1.13 bits per heavy atom. The minimum absolute atomic E-state index is 0.0407. The molecule has 3 aliphatic rings. The highest BCUT2D eigenvalue weighted by molar-refractivity contribution is 5.80. The lowest BCUT2D eigenvalue weighted by Crippen LogP contribution is -2.53. The molecular formula is C17H28N2O4. The van der Waals surface area contributed by atoms with Crippen LogP contribution in [0.5, 0.6) is 0 Å². The molecule has 23 heavy (non-hydrogen) atoms. The molecule has 5 atom stereocenters. The molecule has 0 bridgehead atoms. The zero-order chi connectivity index (χ0) is 16.6. The van der Waals surface area contributed by atoms with Gasteiger partial charge in [0.25, 0.3) is 0 Å². The molecule has 1 N–H and O–H groups in total. The smallest absolute Gasteiger partial charge is 0.320 e. The highest BCUT2D eigenvalue weighted by Crippen LogP contribution is 2.39. The SMILES string of the molecule is C[C@@H]1CN(C(=O)CN2[C@H](C(=O)O)C[C@@H]3CCCC[C@@H]32)C[C@@H](C)O1. The molecule has 0 radical (unpaired) electrons. The van der Waals surface area contributed by atoms with E-state index in [-0.39, 0.29) is 30.7 Å². The highest BCUT2D eigenvalue weighted by atomic mass is 16.5. The van der Waals surface area contributed by atoms with Gasteiger partial charge in [0.2, 0.25) is 5.91 Å². The van der Waals surface area contributed by atoms with Gasteiger partial charge in [-0.3, -0.25) is 14.5 Å². The summed E-state index contributed by atoms with van der Waals surface area (Å²) in [6, 6.07) is -0.229. The van der Waals surface area contributed by atoms with Gasteiger partial charge in [-0.2, -0.15) is 0 Å². The fourth-order valence-corrected chi connectivity index (χ4v) is 4.66. The number of carboxylic acids is 1. The summed E-state index contributed by atoms with van der Waals surface area (Å²) >= 11 is 0. The standard InChI is InChI=1S/C17H28N2O4/c1-11-8-18(9-12(2)23-11)16(20)10-19-14-6-4-3-5-13(14)7-15(19)17(21)22/h11-15H,3-10H2,1-2H3,(H,21,22)/t11-,12-,13+,14+,15+/m1/s1. The monoisotopic (exact) mass is 324 g/mol. The second-order valence-corrected chi connectivity index (χ2v) is 7.43. The third kappa shape index (κ3) is 3.53. The first-order valence-electron chi connectivity index (χ1n) is 8.87. The normalized spacial score (nSPS) is 38.3. The van der Waals surface area contributed by atoms with E-state index in [0.29, 0.717) is 25.4 Å². The van der Waals surface area contributed by atoms with Gasteiger partial charge in [-0.15, -0.1) is 0 Å². The fourth-order valence-electron chi connectivity index (χ4n) is 4.66. The number of carboxylic acid groups (broad SMARTS) is 1. The van der Waals surface area contributed by atoms with Crippen LogP contribution in [0, 0.1) is 5.92 Å². The van der Waals surface area contributed by atoms with Crippen LogP contribution in [-0.4, -0.2) is 70.7 Å². The molecule has 0 unspecified atom stereocenters. The predicted molar refractivity (Wildman–Crippen MR) is 85.1 cm³/mol. The van der Waals surface area contributed by atoms with Crippen LogP contribution in [0.15, 0.2) is 0 Å². The molecule has 130 valence electrons. The third-order valence-electron chi connectivity index (χ3n) is 5.60. The van der Waals surface area contributed by atoms with Crippen molar-refractivity contribution >= 4 is 11.9 Å². The topological polar surface area (TPSA) is 70.1 Å². The Morgan fingerprint density at radius 3 is 2.43 bits per heavy atom. The quantitative estimate of drug-likeness (QED) is 0.848. The Labute approximate surface area is 137 Å². The van der Waals surface area contributed by atoms with Gasteiger partial charge in [-0.05, 0) is 39.0 Å². The number of amides is 1. The van der Waals surface area contributed by atoms with Crippen molar-refractivity contribution in [2.45, 2.75) is 70.2 Å². The van der Waals surface area contributed by atoms with Crippen LogP contribution in [0.2, 0.25) is 0 Å². The van der Waals surface area contributed by atoms with Gasteiger partial charge in [0.1, 0.15) is 6.04 Å². The van der Waals surface area contributed by atoms with E-state index < -0.39 is 12.0 Å². The Bertz CT molecular complexity index is 460. The maximum absolute atomic E-state index is 12.7. The number of fused-ring (bicyclic) bond motifs is 1. The number of likely N-dealkylation sites (tertiary alicyclic amines) is 1. The molecule has 3 fully saturated rings. The van der Waals surface area contributed by atoms with Crippen molar-refractivity contribution in [3.8, 4) is 0 Å². The fraction of sp³-hybridized carbons (Fsp3) is 0.882. The van der Waals surface area contributed by atoms with Crippen molar-refractivity contribution in [2.75, 3.05) is 19.6 Å². The molecule has 2 saturated heterocycles. The van der Waals surface area contributed by atoms with E-state index in [4.69, 9.17) is 4.74 Å². The van der Waals surface area contributed by atoms with Crippen LogP contribution < -0.4 is 0 Å². The van der Waals surface area contributed by atoms with Gasteiger partial charge in [-0.1, -0.05) is 12.8 Å². The van der Waals surface area contributed by atoms with E-state index in [1.54, 1.807) is 0 Å². The van der Waals surface area contributed by atoms with E-state index in [9.17, 15) is 14.7 Å². The number of nitrogens with zero attached hydrogens (tertiary/aromatic N) is 2. The maximum Gasteiger partial charge on any atom is 0.320 e. The number of hydrogen-bond acceptors (Lipinski definition) is 4. The summed E-state index contributed by atoms with van der Waals surface area (Å²) in [5.74, 6) is -0.291. The summed E-state index contributed by atoms with van der Waals surface area (Å²) in [5, 5.41) is 9.55. The second kappa shape index (κ2) is 6.77. The first-order chi connectivity index (χ1) is 11.0. The van der Waals surface area contributed by atoms with Crippen LogP contribution in [0.1, 0.15) is 46.0 Å². The van der Waals surface area contributed by atoms with Crippen molar-refractivity contribution in [1.82, 2.24) is 9.80 Å². The number of carbonyl (C=O) groups is 2. The van der Waals surface area contributed by atoms with Gasteiger partial charge in [-0.25, -0.2) is 0 Å². The molecule has 2 heterocycles. The Hall–Kier alpha value is -1.14. The molecule has 1 aliphatic carbocycles. The highest BCUT2D eigenvalue weighted by Gasteiger charge is 2.46. The van der Waals surface area contributed by atoms with E-state index in [1.807, 2.05) is 23.6 Å². The minimum Gasteiger partial charge on any atom is -0.480 e. The average Bonchev–Trinajstić information content (AvgIpc) is 2.85. The van der Waals surface area contributed by atoms with Crippen LogP contribution in [0.4, 0.5) is 0 Å². The number of hydrogen-bond donors (Lipinski definition) is 1. The molecule has 6 heteroatoms. The van der Waals surface area contributed by atoms with Gasteiger partial charge in [0, 0.05) is 19.1 Å². The first kappa shape index (κ1) is 16.7. The Balaban J connectivity index is 1.68. The Morgan fingerprint density at radius 2 is 1.78 bits per heavy atom. The van der Waals surface area contributed by atoms with Gasteiger partial charge >= 0.3 is 5.97 Å². The molecular weight excluding hydrogens is 296 g/mol. The van der Waals surface area contributed by atoms with Gasteiger partial charge in [0.15, 0.2) is 0 Å². The third-order valence-corrected chi connectivity index (χ3v) is 5.60. The molecule has 0 aromatic heterocycles. The molecule has 3 rings (SSSR count). The van der Waals surface area contributed by atoms with E-state index in [2.05, 4.69) is 0 Å². The number of carbonyl (C=O) groups excluding carboxylic acids is 1. The van der Waals surface area contributed by atoms with E-state index in [1.165, 1.54) is 6.42 Å². The molecule has 2 aliphatic heterocycles. The van der Waals surface area contributed by atoms with Crippen molar-refractivity contribution in [1.29, 1.82) is 0 Å². The largest absolute Gasteiger partial charge is 0.480 e. The van der Waals surface area contributed by atoms with Crippen molar-refractivity contribution in [2.24, 2.45) is 5.92 Å². The lowest BCUT2D eigenvalue weighted by atomic mass is 9.85. The van der Waals surface area contributed by atoms with Crippen molar-refractivity contribution in [3.05, 3.63) is 0 Å². The number of morpholine rings is 1. The summed E-state index contributed by atoms with van der Waals surface area (Å²) in [6.07, 6.45) is 5.24. The maximum atomic E-state index is 12.7. The summed E-state index contributed by atoms with van der Waals surface area (Å²) in [6.45, 7) is 5.38. The zero-order valence-corrected chi connectivity index (χ0v) is 14.1. The Kier molecular flexibility index (Phi) is 4.92. The number of aliphatic carboxylic acids is 1. The molecule has 1 amide bonds. The van der Waals surface area contributed by atoms with Crippen LogP contribution >= 0.6 is 0 Å². The second-order valence-electron chi connectivity index (χ2n) is 7.43. The molecule has 0 spiro atoms. The summed E-state index contributed by atoms with van der Waals surface area (Å²) < 4.78 is 5.68. The average molecular weight is 324 g/mol. The summed E-state index contributed by atoms with van der Waals surface area (Å²) in [7, 11) is 0. The lowest BCUT2D eigenvalue weighted by molar-refractivity contribution is -0.148. The molecule has 6 nitrogen and oxygen atoms in total. The zero-order valence-electron chi connectivity index (χ0n) is 14.1. The molecule has 0 aromatic rings. The van der Waals surface area contributed by atoms with Crippen LogP contribution in [0.25, 0.3) is 0 Å². The minimum atomic E-state index is -0.782. The van der Waals surface area contributed by atoms with Gasteiger partial charge in [0.05, 0.1) is 18.8 Å². The lowest BCUT2D eigenvalue weighted by Gasteiger charge is -2.38. The predicted octanol–water partition coefficient (Wildman–Crippen LogP) is 1.34. The van der Waals surface area contributed by atoms with Gasteiger partial charge < -0.3 is 14.7 Å². The number of rotatable bonds is 3. The summed E-state index contributed by atoms with van der Waals surface area (Å²) in [4.78, 5) is 28.2. The van der Waals surface area contributed by atoms with Crippen LogP contribution in [0.3, 0.4) is 0 Å². The van der Waals surface area contributed by atoms with E-state index >= 15 is 0 Å². The molecule has 0 aromatic carbocycles. The summed E-state index contributed by atoms with van der Waals surface area (Å²) in [5.41, 5.74) is 0. The number of ether oxygens (including phenoxy) is 1.